The lowest BCUT2D eigenvalue weighted by Gasteiger charge is -2.00. The van der Waals surface area contributed by atoms with Gasteiger partial charge in [0, 0.05) is 22.5 Å². The van der Waals surface area contributed by atoms with Gasteiger partial charge < -0.3 is 0 Å². The van der Waals surface area contributed by atoms with E-state index in [2.05, 4.69) is 21.0 Å². The molecule has 2 aromatic rings. The SMILES string of the molecule is CS(=O)(=O)CCn1cc(C=O)c(-c2cccc(Br)c2)n1. The third-order valence-electron chi connectivity index (χ3n) is 2.71. The number of aryl methyl sites for hydroxylation is 1. The van der Waals surface area contributed by atoms with E-state index in [0.29, 0.717) is 11.3 Å². The van der Waals surface area contributed by atoms with Gasteiger partial charge in [-0.25, -0.2) is 8.42 Å². The van der Waals surface area contributed by atoms with Gasteiger partial charge in [-0.1, -0.05) is 28.1 Å². The van der Waals surface area contributed by atoms with Crippen molar-refractivity contribution in [3.8, 4) is 11.3 Å². The Bertz CT molecular complexity index is 738. The Morgan fingerprint density at radius 1 is 1.40 bits per heavy atom. The summed E-state index contributed by atoms with van der Waals surface area (Å²) < 4.78 is 24.7. The number of rotatable bonds is 5. The summed E-state index contributed by atoms with van der Waals surface area (Å²) in [5, 5.41) is 4.30. The van der Waals surface area contributed by atoms with Crippen molar-refractivity contribution in [2.45, 2.75) is 6.54 Å². The third-order valence-corrected chi connectivity index (χ3v) is 4.12. The van der Waals surface area contributed by atoms with Crippen LogP contribution in [0.5, 0.6) is 0 Å². The summed E-state index contributed by atoms with van der Waals surface area (Å²) in [5.74, 6) is -0.00903. The van der Waals surface area contributed by atoms with E-state index in [1.807, 2.05) is 24.3 Å². The number of hydrogen-bond donors (Lipinski definition) is 0. The van der Waals surface area contributed by atoms with E-state index < -0.39 is 9.84 Å². The number of nitrogens with zero attached hydrogens (tertiary/aromatic N) is 2. The Morgan fingerprint density at radius 2 is 2.15 bits per heavy atom. The van der Waals surface area contributed by atoms with Crippen molar-refractivity contribution in [3.05, 3.63) is 40.5 Å². The Morgan fingerprint density at radius 3 is 2.75 bits per heavy atom. The zero-order valence-corrected chi connectivity index (χ0v) is 13.2. The molecule has 0 aliphatic rings. The zero-order chi connectivity index (χ0) is 14.8. The maximum atomic E-state index is 11.2. The fourth-order valence-corrected chi connectivity index (χ4v) is 2.68. The van der Waals surface area contributed by atoms with Crippen molar-refractivity contribution >= 4 is 32.1 Å². The second-order valence-corrected chi connectivity index (χ2v) is 7.63. The number of halogens is 1. The molecule has 0 unspecified atom stereocenters. The zero-order valence-electron chi connectivity index (χ0n) is 10.8. The van der Waals surface area contributed by atoms with E-state index in [9.17, 15) is 13.2 Å². The largest absolute Gasteiger partial charge is 0.298 e. The molecular weight excluding hydrogens is 344 g/mol. The fraction of sp³-hybridized carbons (Fsp3) is 0.231. The Hall–Kier alpha value is -1.47. The molecule has 0 radical (unpaired) electrons. The molecule has 20 heavy (non-hydrogen) atoms. The predicted molar refractivity (Wildman–Crippen MR) is 80.5 cm³/mol. The monoisotopic (exact) mass is 356 g/mol. The first-order valence-corrected chi connectivity index (χ1v) is 8.71. The number of carbonyl (C=O) groups is 1. The molecule has 0 amide bonds. The van der Waals surface area contributed by atoms with Crippen LogP contribution in [-0.2, 0) is 16.4 Å². The van der Waals surface area contributed by atoms with E-state index in [4.69, 9.17) is 0 Å². The molecule has 1 aromatic carbocycles. The van der Waals surface area contributed by atoms with Gasteiger partial charge in [0.1, 0.15) is 15.5 Å². The van der Waals surface area contributed by atoms with Crippen molar-refractivity contribution in [1.82, 2.24) is 9.78 Å². The van der Waals surface area contributed by atoms with Crippen molar-refractivity contribution < 1.29 is 13.2 Å². The lowest BCUT2D eigenvalue weighted by molar-refractivity contribution is 0.112. The minimum Gasteiger partial charge on any atom is -0.298 e. The van der Waals surface area contributed by atoms with Gasteiger partial charge in [-0.3, -0.25) is 9.48 Å². The van der Waals surface area contributed by atoms with Crippen LogP contribution in [0.15, 0.2) is 34.9 Å². The van der Waals surface area contributed by atoms with Crippen LogP contribution >= 0.6 is 15.9 Å². The Labute approximate surface area is 125 Å². The quantitative estimate of drug-likeness (QED) is 0.769. The average Bonchev–Trinajstić information content (AvgIpc) is 2.79. The van der Waals surface area contributed by atoms with Crippen LogP contribution in [0.25, 0.3) is 11.3 Å². The van der Waals surface area contributed by atoms with Crippen molar-refractivity contribution in [3.63, 3.8) is 0 Å². The van der Waals surface area contributed by atoms with Crippen molar-refractivity contribution in [2.75, 3.05) is 12.0 Å². The highest BCUT2D eigenvalue weighted by Gasteiger charge is 2.12. The summed E-state index contributed by atoms with van der Waals surface area (Å²) >= 11 is 3.37. The maximum absolute atomic E-state index is 11.2. The molecule has 0 N–H and O–H groups in total. The number of aromatic nitrogens is 2. The first-order valence-electron chi connectivity index (χ1n) is 5.85. The molecule has 2 rings (SSSR count). The van der Waals surface area contributed by atoms with Crippen LogP contribution in [0.3, 0.4) is 0 Å². The summed E-state index contributed by atoms with van der Waals surface area (Å²) in [5.41, 5.74) is 1.80. The van der Waals surface area contributed by atoms with Gasteiger partial charge in [0.2, 0.25) is 0 Å². The van der Waals surface area contributed by atoms with Crippen LogP contribution in [0, 0.1) is 0 Å². The highest BCUT2D eigenvalue weighted by molar-refractivity contribution is 9.10. The molecule has 0 fully saturated rings. The molecular formula is C13H13BrN2O3S. The molecule has 7 heteroatoms. The number of aldehydes is 1. The van der Waals surface area contributed by atoms with E-state index in [-0.39, 0.29) is 12.3 Å². The fourth-order valence-electron chi connectivity index (χ4n) is 1.76. The van der Waals surface area contributed by atoms with Gasteiger partial charge in [-0.15, -0.1) is 0 Å². The number of benzene rings is 1. The summed E-state index contributed by atoms with van der Waals surface area (Å²) in [7, 11) is -3.06. The van der Waals surface area contributed by atoms with Crippen LogP contribution in [0.2, 0.25) is 0 Å². The highest BCUT2D eigenvalue weighted by Crippen LogP contribution is 2.24. The molecule has 0 saturated heterocycles. The van der Waals surface area contributed by atoms with E-state index in [1.54, 1.807) is 6.20 Å². The van der Waals surface area contributed by atoms with Gasteiger partial charge >= 0.3 is 0 Å². The summed E-state index contributed by atoms with van der Waals surface area (Å²) in [4.78, 5) is 11.1. The van der Waals surface area contributed by atoms with Gasteiger partial charge in [-0.2, -0.15) is 5.10 Å². The molecule has 0 bridgehead atoms. The Kier molecular flexibility index (Phi) is 4.39. The second-order valence-electron chi connectivity index (χ2n) is 4.45. The molecule has 0 aliphatic heterocycles. The van der Waals surface area contributed by atoms with Crippen molar-refractivity contribution in [1.29, 1.82) is 0 Å². The predicted octanol–water partition coefficient (Wildman–Crippen LogP) is 2.17. The van der Waals surface area contributed by atoms with Crippen LogP contribution in [0.1, 0.15) is 10.4 Å². The highest BCUT2D eigenvalue weighted by atomic mass is 79.9. The molecule has 1 heterocycles. The summed E-state index contributed by atoms with van der Waals surface area (Å²) in [6.07, 6.45) is 3.46. The molecule has 5 nitrogen and oxygen atoms in total. The van der Waals surface area contributed by atoms with Crippen molar-refractivity contribution in [2.24, 2.45) is 0 Å². The molecule has 0 atom stereocenters. The first kappa shape index (κ1) is 14.9. The topological polar surface area (TPSA) is 69.0 Å². The number of carbonyl (C=O) groups excluding carboxylic acids is 1. The van der Waals surface area contributed by atoms with E-state index >= 15 is 0 Å². The standard InChI is InChI=1S/C13H13BrN2O3S/c1-20(18,19)6-5-16-8-11(9-17)13(15-16)10-3-2-4-12(14)7-10/h2-4,7-9H,5-6H2,1H3. The van der Waals surface area contributed by atoms with E-state index in [1.165, 1.54) is 10.9 Å². The molecule has 0 spiro atoms. The number of hydrogen-bond acceptors (Lipinski definition) is 4. The van der Waals surface area contributed by atoms with Gasteiger partial charge in [0.15, 0.2) is 6.29 Å². The summed E-state index contributed by atoms with van der Waals surface area (Å²) in [6, 6.07) is 7.44. The van der Waals surface area contributed by atoms with Crippen LogP contribution in [-0.4, -0.2) is 36.5 Å². The number of sulfone groups is 1. The van der Waals surface area contributed by atoms with Gasteiger partial charge in [0.05, 0.1) is 17.9 Å². The van der Waals surface area contributed by atoms with Gasteiger partial charge in [-0.05, 0) is 12.1 Å². The minimum absolute atomic E-state index is 0.00903. The summed E-state index contributed by atoms with van der Waals surface area (Å²) in [6.45, 7) is 0.230. The van der Waals surface area contributed by atoms with Crippen LogP contribution in [0.4, 0.5) is 0 Å². The lowest BCUT2D eigenvalue weighted by Crippen LogP contribution is -2.11. The average molecular weight is 357 g/mol. The smallest absolute Gasteiger partial charge is 0.153 e. The first-order chi connectivity index (χ1) is 9.39. The molecule has 0 saturated carbocycles. The third kappa shape index (κ3) is 3.77. The van der Waals surface area contributed by atoms with Gasteiger partial charge in [0.25, 0.3) is 0 Å². The maximum Gasteiger partial charge on any atom is 0.153 e. The normalized spacial score (nSPS) is 11.5. The molecule has 1 aromatic heterocycles. The minimum atomic E-state index is -3.06. The Balaban J connectivity index is 2.34. The van der Waals surface area contributed by atoms with Crippen LogP contribution < -0.4 is 0 Å². The van der Waals surface area contributed by atoms with E-state index in [0.717, 1.165) is 16.3 Å². The molecule has 106 valence electrons. The second kappa shape index (κ2) is 5.88. The molecule has 0 aliphatic carbocycles. The lowest BCUT2D eigenvalue weighted by atomic mass is 10.1.